The fourth-order valence-corrected chi connectivity index (χ4v) is 3.38. The predicted octanol–water partition coefficient (Wildman–Crippen LogP) is 1.27. The topological polar surface area (TPSA) is 43.8 Å². The van der Waals surface area contributed by atoms with E-state index in [0.29, 0.717) is 6.04 Å². The molecule has 0 amide bonds. The van der Waals surface area contributed by atoms with Crippen LogP contribution in [0.1, 0.15) is 32.6 Å². The van der Waals surface area contributed by atoms with Crippen LogP contribution in [0.4, 0.5) is 0 Å². The molecule has 3 atom stereocenters. The van der Waals surface area contributed by atoms with Gasteiger partial charge in [-0.2, -0.15) is 0 Å². The molecule has 1 saturated carbocycles. The summed E-state index contributed by atoms with van der Waals surface area (Å²) in [6, 6.07) is 0.883. The van der Waals surface area contributed by atoms with Crippen LogP contribution in [0.5, 0.6) is 0 Å². The van der Waals surface area contributed by atoms with Crippen molar-refractivity contribution in [3.63, 3.8) is 0 Å². The molecule has 0 aromatic heterocycles. The smallest absolute Gasteiger partial charge is 0.308 e. The molecule has 0 spiro atoms. The van der Waals surface area contributed by atoms with Gasteiger partial charge in [0.05, 0.1) is 5.92 Å². The predicted molar refractivity (Wildman–Crippen MR) is 67.0 cm³/mol. The van der Waals surface area contributed by atoms with Crippen molar-refractivity contribution in [3.05, 3.63) is 0 Å². The lowest BCUT2D eigenvalue weighted by Gasteiger charge is -2.42. The number of hydrogen-bond acceptors (Lipinski definition) is 3. The summed E-state index contributed by atoms with van der Waals surface area (Å²) >= 11 is 0. The molecule has 3 unspecified atom stereocenters. The molecule has 4 nitrogen and oxygen atoms in total. The number of carbonyl (C=O) groups is 1. The molecule has 1 heterocycles. The Balaban J connectivity index is 2.00. The zero-order valence-electron chi connectivity index (χ0n) is 10.9. The van der Waals surface area contributed by atoms with Gasteiger partial charge in [-0.05, 0) is 26.3 Å². The Labute approximate surface area is 104 Å². The number of aliphatic carboxylic acids is 1. The van der Waals surface area contributed by atoms with Crippen molar-refractivity contribution < 1.29 is 9.90 Å². The van der Waals surface area contributed by atoms with Crippen molar-refractivity contribution in [1.29, 1.82) is 0 Å². The van der Waals surface area contributed by atoms with Crippen LogP contribution < -0.4 is 0 Å². The second-order valence-electron chi connectivity index (χ2n) is 5.48. The standard InChI is InChI=1S/C13H24N2O2/c1-3-10-9-15(8-7-14(10)2)12-6-4-5-11(12)13(16)17/h10-12H,3-9H2,1-2H3,(H,16,17). The first-order valence-corrected chi connectivity index (χ1v) is 6.80. The number of carboxylic acids is 1. The van der Waals surface area contributed by atoms with Gasteiger partial charge < -0.3 is 10.0 Å². The van der Waals surface area contributed by atoms with E-state index in [2.05, 4.69) is 23.8 Å². The van der Waals surface area contributed by atoms with Crippen LogP contribution in [0.25, 0.3) is 0 Å². The van der Waals surface area contributed by atoms with Crippen LogP contribution in [0, 0.1) is 5.92 Å². The third-order valence-electron chi connectivity index (χ3n) is 4.55. The Bertz CT molecular complexity index is 283. The summed E-state index contributed by atoms with van der Waals surface area (Å²) < 4.78 is 0. The second kappa shape index (κ2) is 5.36. The van der Waals surface area contributed by atoms with Gasteiger partial charge in [0.1, 0.15) is 0 Å². The Morgan fingerprint density at radius 2 is 2.12 bits per heavy atom. The molecule has 4 heteroatoms. The molecular formula is C13H24N2O2. The molecule has 1 N–H and O–H groups in total. The zero-order chi connectivity index (χ0) is 12.4. The second-order valence-corrected chi connectivity index (χ2v) is 5.48. The molecule has 1 aliphatic heterocycles. The van der Waals surface area contributed by atoms with Gasteiger partial charge in [0.25, 0.3) is 0 Å². The molecule has 0 aromatic carbocycles. The molecule has 0 bridgehead atoms. The monoisotopic (exact) mass is 240 g/mol. The van der Waals surface area contributed by atoms with Crippen molar-refractivity contribution in [2.75, 3.05) is 26.7 Å². The molecule has 1 aliphatic carbocycles. The van der Waals surface area contributed by atoms with Gasteiger partial charge in [0.15, 0.2) is 0 Å². The third-order valence-corrected chi connectivity index (χ3v) is 4.55. The molecule has 17 heavy (non-hydrogen) atoms. The number of nitrogens with zero attached hydrogens (tertiary/aromatic N) is 2. The van der Waals surface area contributed by atoms with Crippen molar-refractivity contribution in [1.82, 2.24) is 9.80 Å². The van der Waals surface area contributed by atoms with Crippen LogP contribution >= 0.6 is 0 Å². The lowest BCUT2D eigenvalue weighted by atomic mass is 9.99. The minimum Gasteiger partial charge on any atom is -0.481 e. The Kier molecular flexibility index (Phi) is 4.05. The lowest BCUT2D eigenvalue weighted by Crippen LogP contribution is -2.55. The van der Waals surface area contributed by atoms with E-state index in [4.69, 9.17) is 0 Å². The highest BCUT2D eigenvalue weighted by Crippen LogP contribution is 2.31. The first-order chi connectivity index (χ1) is 8.13. The Morgan fingerprint density at radius 3 is 2.76 bits per heavy atom. The first kappa shape index (κ1) is 12.8. The van der Waals surface area contributed by atoms with Crippen molar-refractivity contribution in [2.24, 2.45) is 5.92 Å². The Hall–Kier alpha value is -0.610. The highest BCUT2D eigenvalue weighted by atomic mass is 16.4. The van der Waals surface area contributed by atoms with E-state index in [0.717, 1.165) is 45.3 Å². The minimum absolute atomic E-state index is 0.129. The SMILES string of the molecule is CCC1CN(C2CCCC2C(=O)O)CCN1C. The molecule has 0 aromatic rings. The zero-order valence-corrected chi connectivity index (χ0v) is 10.9. The van der Waals surface area contributed by atoms with Gasteiger partial charge in [-0.3, -0.25) is 9.69 Å². The summed E-state index contributed by atoms with van der Waals surface area (Å²) in [5, 5.41) is 9.25. The fourth-order valence-electron chi connectivity index (χ4n) is 3.38. The highest BCUT2D eigenvalue weighted by molar-refractivity contribution is 5.71. The van der Waals surface area contributed by atoms with E-state index in [1.165, 1.54) is 0 Å². The summed E-state index contributed by atoms with van der Waals surface area (Å²) in [5.41, 5.74) is 0. The van der Waals surface area contributed by atoms with Gasteiger partial charge in [-0.1, -0.05) is 13.3 Å². The quantitative estimate of drug-likeness (QED) is 0.806. The number of rotatable bonds is 3. The summed E-state index contributed by atoms with van der Waals surface area (Å²) in [7, 11) is 2.18. The van der Waals surface area contributed by atoms with E-state index in [1.807, 2.05) is 0 Å². The van der Waals surface area contributed by atoms with E-state index in [1.54, 1.807) is 0 Å². The molecule has 2 aliphatic rings. The largest absolute Gasteiger partial charge is 0.481 e. The molecule has 98 valence electrons. The van der Waals surface area contributed by atoms with E-state index in [9.17, 15) is 9.90 Å². The number of piperazine rings is 1. The van der Waals surface area contributed by atoms with Crippen LogP contribution in [0.2, 0.25) is 0 Å². The number of hydrogen-bond donors (Lipinski definition) is 1. The van der Waals surface area contributed by atoms with Crippen molar-refractivity contribution in [2.45, 2.75) is 44.7 Å². The van der Waals surface area contributed by atoms with E-state index < -0.39 is 5.97 Å². The van der Waals surface area contributed by atoms with Gasteiger partial charge >= 0.3 is 5.97 Å². The molecular weight excluding hydrogens is 216 g/mol. The average Bonchev–Trinajstić information content (AvgIpc) is 2.78. The van der Waals surface area contributed by atoms with Crippen LogP contribution in [-0.4, -0.2) is 59.6 Å². The summed E-state index contributed by atoms with van der Waals surface area (Å²) in [4.78, 5) is 16.1. The van der Waals surface area contributed by atoms with Crippen LogP contribution in [-0.2, 0) is 4.79 Å². The van der Waals surface area contributed by atoms with Gasteiger partial charge in [-0.25, -0.2) is 0 Å². The minimum atomic E-state index is -0.598. The van der Waals surface area contributed by atoms with Crippen LogP contribution in [0.3, 0.4) is 0 Å². The number of likely N-dealkylation sites (N-methyl/N-ethyl adjacent to an activating group) is 1. The van der Waals surface area contributed by atoms with Crippen molar-refractivity contribution in [3.8, 4) is 0 Å². The summed E-state index contributed by atoms with van der Waals surface area (Å²) in [6.45, 7) is 5.36. The Morgan fingerprint density at radius 1 is 1.35 bits per heavy atom. The van der Waals surface area contributed by atoms with Crippen LogP contribution in [0.15, 0.2) is 0 Å². The summed E-state index contributed by atoms with van der Waals surface area (Å²) in [6.07, 6.45) is 4.16. The highest BCUT2D eigenvalue weighted by Gasteiger charge is 2.38. The fraction of sp³-hybridized carbons (Fsp3) is 0.923. The van der Waals surface area contributed by atoms with Gasteiger partial charge in [0, 0.05) is 31.7 Å². The van der Waals surface area contributed by atoms with Crippen molar-refractivity contribution >= 4 is 5.97 Å². The van der Waals surface area contributed by atoms with E-state index in [-0.39, 0.29) is 12.0 Å². The third kappa shape index (κ3) is 2.63. The van der Waals surface area contributed by atoms with Gasteiger partial charge in [0.2, 0.25) is 0 Å². The first-order valence-electron chi connectivity index (χ1n) is 6.80. The normalized spacial score (nSPS) is 36.2. The average molecular weight is 240 g/mol. The maximum atomic E-state index is 11.2. The summed E-state index contributed by atoms with van der Waals surface area (Å²) in [5.74, 6) is -0.726. The number of carboxylic acid groups (broad SMARTS) is 1. The molecule has 1 saturated heterocycles. The maximum Gasteiger partial charge on any atom is 0.308 e. The molecule has 0 radical (unpaired) electrons. The molecule has 2 fully saturated rings. The molecule has 2 rings (SSSR count). The maximum absolute atomic E-state index is 11.2. The van der Waals surface area contributed by atoms with E-state index >= 15 is 0 Å². The lowest BCUT2D eigenvalue weighted by molar-refractivity contribution is -0.143. The van der Waals surface area contributed by atoms with Gasteiger partial charge in [-0.15, -0.1) is 0 Å².